The van der Waals surface area contributed by atoms with Gasteiger partial charge < -0.3 is 24.5 Å². The molecule has 1 aromatic heterocycles. The Morgan fingerprint density at radius 3 is 2.30 bits per heavy atom. The molecule has 4 rings (SSSR count). The van der Waals surface area contributed by atoms with E-state index in [0.717, 1.165) is 12.4 Å². The number of pyridine rings is 1. The number of aliphatic carboxylic acids is 1. The van der Waals surface area contributed by atoms with E-state index in [1.165, 1.54) is 32.4 Å². The van der Waals surface area contributed by atoms with Gasteiger partial charge in [-0.3, -0.25) is 14.9 Å². The molecule has 230 valence electrons. The van der Waals surface area contributed by atoms with Crippen molar-refractivity contribution in [1.82, 2.24) is 5.32 Å². The number of carboxylic acid groups (broad SMARTS) is 1. The Kier molecular flexibility index (Phi) is 11.0. The number of aromatic nitrogens is 1. The molecule has 3 aromatic carbocycles. The van der Waals surface area contributed by atoms with E-state index in [4.69, 9.17) is 37.4 Å². The van der Waals surface area contributed by atoms with E-state index in [1.54, 1.807) is 48.5 Å². The van der Waals surface area contributed by atoms with Gasteiger partial charge in [0.25, 0.3) is 0 Å². The lowest BCUT2D eigenvalue weighted by Gasteiger charge is -2.21. The predicted molar refractivity (Wildman–Crippen MR) is 161 cm³/mol. The fraction of sp³-hybridized carbons (Fsp3) is 0.219. The number of halogens is 3. The van der Waals surface area contributed by atoms with Gasteiger partial charge in [-0.1, -0.05) is 71.7 Å². The van der Waals surface area contributed by atoms with Gasteiger partial charge in [-0.05, 0) is 34.9 Å². The zero-order valence-electron chi connectivity index (χ0n) is 23.8. The Bertz CT molecular complexity index is 1630. The van der Waals surface area contributed by atoms with Crippen LogP contribution in [0, 0.1) is 11.0 Å². The number of nitrogens with one attached hydrogen (secondary N) is 1. The third-order valence-corrected chi connectivity index (χ3v) is 7.47. The maximum atomic E-state index is 14.2. The lowest BCUT2D eigenvalue weighted by atomic mass is 10.0. The van der Waals surface area contributed by atoms with E-state index < -0.39 is 29.9 Å². The van der Waals surface area contributed by atoms with Crippen molar-refractivity contribution in [1.29, 1.82) is 0 Å². The van der Waals surface area contributed by atoms with Gasteiger partial charge >= 0.3 is 11.9 Å². The number of ether oxygens (including phenoxy) is 3. The van der Waals surface area contributed by atoms with E-state index in [9.17, 15) is 24.3 Å². The molecule has 9 nitrogen and oxygen atoms in total. The Morgan fingerprint density at radius 2 is 1.64 bits per heavy atom. The van der Waals surface area contributed by atoms with Crippen LogP contribution in [-0.4, -0.2) is 31.3 Å². The number of nitrogens with zero attached hydrogens (tertiary/aromatic N) is 1. The second-order valence-electron chi connectivity index (χ2n) is 9.76. The summed E-state index contributed by atoms with van der Waals surface area (Å²) in [6.07, 6.45) is 1.43. The lowest BCUT2D eigenvalue weighted by molar-refractivity contribution is -0.605. The molecule has 0 radical (unpaired) electrons. The third kappa shape index (κ3) is 8.16. The van der Waals surface area contributed by atoms with Crippen LogP contribution in [0.5, 0.6) is 11.5 Å². The number of hydrogen-bond donors (Lipinski definition) is 2. The number of methoxy groups -OCH3 is 2. The minimum Gasteiger partial charge on any atom is -0.619 e. The van der Waals surface area contributed by atoms with Crippen molar-refractivity contribution in [3.63, 3.8) is 0 Å². The van der Waals surface area contributed by atoms with E-state index in [-0.39, 0.29) is 35.0 Å². The highest BCUT2D eigenvalue weighted by Crippen LogP contribution is 2.35. The molecule has 0 fully saturated rings. The van der Waals surface area contributed by atoms with E-state index >= 15 is 0 Å². The van der Waals surface area contributed by atoms with Crippen molar-refractivity contribution < 1.29 is 38.0 Å². The van der Waals surface area contributed by atoms with E-state index in [1.807, 2.05) is 0 Å². The molecule has 1 unspecified atom stereocenters. The molecule has 0 amide bonds. The Hall–Kier alpha value is -4.38. The van der Waals surface area contributed by atoms with Crippen LogP contribution in [0.25, 0.3) is 0 Å². The van der Waals surface area contributed by atoms with Crippen LogP contribution >= 0.6 is 23.2 Å². The van der Waals surface area contributed by atoms with Gasteiger partial charge in [0.05, 0.1) is 20.6 Å². The van der Waals surface area contributed by atoms with Crippen molar-refractivity contribution in [2.45, 2.75) is 31.5 Å². The smallest absolute Gasteiger partial charge is 0.325 e. The monoisotopic (exact) mass is 642 g/mol. The number of carbonyl (C=O) groups is 2. The summed E-state index contributed by atoms with van der Waals surface area (Å²) in [6.45, 7) is 0.104. The predicted octanol–water partition coefficient (Wildman–Crippen LogP) is 5.77. The van der Waals surface area contributed by atoms with Crippen molar-refractivity contribution in [3.05, 3.63) is 128 Å². The van der Waals surface area contributed by atoms with Crippen LogP contribution in [0.15, 0.2) is 79.1 Å². The quantitative estimate of drug-likeness (QED) is 0.107. The van der Waals surface area contributed by atoms with Crippen LogP contribution in [-0.2, 0) is 33.7 Å². The summed E-state index contributed by atoms with van der Waals surface area (Å²) >= 11 is 12.6. The summed E-state index contributed by atoms with van der Waals surface area (Å²) in [5.41, 5.74) is 2.31. The van der Waals surface area contributed by atoms with Gasteiger partial charge in [0, 0.05) is 24.1 Å². The second kappa shape index (κ2) is 14.9. The number of rotatable bonds is 13. The Morgan fingerprint density at radius 1 is 0.955 bits per heavy atom. The van der Waals surface area contributed by atoms with E-state index in [0.29, 0.717) is 38.5 Å². The second-order valence-corrected chi connectivity index (χ2v) is 10.6. The first-order chi connectivity index (χ1) is 21.1. The van der Waals surface area contributed by atoms with E-state index in [2.05, 4.69) is 5.32 Å². The van der Waals surface area contributed by atoms with Crippen LogP contribution in [0.4, 0.5) is 4.39 Å². The summed E-state index contributed by atoms with van der Waals surface area (Å²) in [5, 5.41) is 24.5. The zero-order chi connectivity index (χ0) is 31.8. The average molecular weight is 643 g/mol. The fourth-order valence-corrected chi connectivity index (χ4v) is 5.27. The molecule has 12 heteroatoms. The highest BCUT2D eigenvalue weighted by Gasteiger charge is 2.25. The number of hydrogen-bond acceptors (Lipinski definition) is 7. The number of carboxylic acids is 1. The molecule has 0 bridgehead atoms. The first kappa shape index (κ1) is 32.5. The zero-order valence-corrected chi connectivity index (χ0v) is 25.3. The normalized spacial score (nSPS) is 12.3. The van der Waals surface area contributed by atoms with Crippen molar-refractivity contribution in [2.75, 3.05) is 14.2 Å². The molecular formula is C32H29Cl2FN2O7. The van der Waals surface area contributed by atoms with Crippen LogP contribution < -0.4 is 19.5 Å². The molecule has 0 saturated carbocycles. The summed E-state index contributed by atoms with van der Waals surface area (Å²) in [5.74, 6) is -1.51. The van der Waals surface area contributed by atoms with Crippen molar-refractivity contribution in [2.24, 2.45) is 0 Å². The highest BCUT2D eigenvalue weighted by molar-refractivity contribution is 6.35. The highest BCUT2D eigenvalue weighted by atomic mass is 35.5. The largest absolute Gasteiger partial charge is 0.619 e. The number of esters is 1. The first-order valence-corrected chi connectivity index (χ1v) is 14.1. The molecule has 2 N–H and O–H groups in total. The SMILES string of the molecule is COc1ccc([C@H](Cc2c(Cl)c[n+]([O-])cc2Cl)OC(=O)Cc2cccc(CNC(C(=O)O)c3ccccc3F)c2)cc1OC. The van der Waals surface area contributed by atoms with Gasteiger partial charge in [0.2, 0.25) is 0 Å². The van der Waals surface area contributed by atoms with Gasteiger partial charge in [0.15, 0.2) is 23.9 Å². The number of carbonyl (C=O) groups excluding carboxylic acids is 1. The van der Waals surface area contributed by atoms with Crippen LogP contribution in [0.3, 0.4) is 0 Å². The maximum Gasteiger partial charge on any atom is 0.325 e. The standard InChI is InChI=1S/C32H29Cl2FN2O7/c1-42-27-11-10-21(14-29(27)43-2)28(15-23-24(33)17-37(41)18-25(23)34)44-30(38)13-19-6-5-7-20(12-19)16-36-31(32(39)40)22-8-3-4-9-26(22)35/h3-12,14,17-18,28,31,36H,13,15-16H2,1-2H3,(H,39,40)/t28-,31?/m0/s1. The number of benzene rings is 3. The fourth-order valence-electron chi connectivity index (χ4n) is 4.67. The maximum absolute atomic E-state index is 14.2. The molecule has 0 saturated heterocycles. The van der Waals surface area contributed by atoms with Crippen molar-refractivity contribution in [3.8, 4) is 11.5 Å². The van der Waals surface area contributed by atoms with Crippen LogP contribution in [0.1, 0.15) is 40.0 Å². The molecule has 0 aliphatic heterocycles. The summed E-state index contributed by atoms with van der Waals surface area (Å²) in [4.78, 5) is 25.1. The minimum absolute atomic E-state index is 0.0182. The molecule has 0 aliphatic rings. The Labute approximate surface area is 263 Å². The van der Waals surface area contributed by atoms with Gasteiger partial charge in [0.1, 0.15) is 28.0 Å². The first-order valence-electron chi connectivity index (χ1n) is 13.4. The summed E-state index contributed by atoms with van der Waals surface area (Å²) in [6, 6.07) is 16.4. The van der Waals surface area contributed by atoms with Gasteiger partial charge in [-0.2, -0.15) is 4.73 Å². The molecular weight excluding hydrogens is 614 g/mol. The summed E-state index contributed by atoms with van der Waals surface area (Å²) in [7, 11) is 2.99. The minimum atomic E-state index is -1.26. The summed E-state index contributed by atoms with van der Waals surface area (Å²) < 4.78 is 31.4. The lowest BCUT2D eigenvalue weighted by Crippen LogP contribution is -2.29. The molecule has 4 aromatic rings. The van der Waals surface area contributed by atoms with Gasteiger partial charge in [-0.25, -0.2) is 4.39 Å². The third-order valence-electron chi connectivity index (χ3n) is 6.81. The average Bonchev–Trinajstić information content (AvgIpc) is 2.99. The van der Waals surface area contributed by atoms with Gasteiger partial charge in [-0.15, -0.1) is 0 Å². The molecule has 0 spiro atoms. The molecule has 0 aliphatic carbocycles. The Balaban J connectivity index is 1.52. The van der Waals surface area contributed by atoms with Crippen LogP contribution in [0.2, 0.25) is 10.0 Å². The molecule has 44 heavy (non-hydrogen) atoms. The van der Waals surface area contributed by atoms with Crippen molar-refractivity contribution >= 4 is 35.1 Å². The molecule has 1 heterocycles. The molecule has 2 atom stereocenters. The topological polar surface area (TPSA) is 121 Å².